The molecule has 1 unspecified atom stereocenters. The van der Waals surface area contributed by atoms with Crippen LogP contribution in [0.2, 0.25) is 0 Å². The van der Waals surface area contributed by atoms with Crippen LogP contribution in [0.5, 0.6) is 0 Å². The van der Waals surface area contributed by atoms with Crippen LogP contribution in [0, 0.1) is 5.92 Å². The molecule has 0 aromatic carbocycles. The molecular weight excluding hydrogens is 222 g/mol. The third-order valence-electron chi connectivity index (χ3n) is 1.93. The molecule has 0 aliphatic heterocycles. The Morgan fingerprint density at radius 3 is 2.33 bits per heavy atom. The summed E-state index contributed by atoms with van der Waals surface area (Å²) in [5.41, 5.74) is 0.404. The Bertz CT molecular complexity index is 347. The highest BCUT2D eigenvalue weighted by molar-refractivity contribution is 7.27. The maximum absolute atomic E-state index is 12.3. The summed E-state index contributed by atoms with van der Waals surface area (Å²) >= 11 is 0. The van der Waals surface area contributed by atoms with Crippen molar-refractivity contribution in [3.8, 4) is 0 Å². The summed E-state index contributed by atoms with van der Waals surface area (Å²) in [5.74, 6) is 0.405. The van der Waals surface area contributed by atoms with E-state index in [1.54, 1.807) is 0 Å². The number of pyridine rings is 1. The molecule has 0 amide bonds. The van der Waals surface area contributed by atoms with Crippen molar-refractivity contribution in [3.05, 3.63) is 23.4 Å². The lowest BCUT2D eigenvalue weighted by Crippen LogP contribution is -2.16. The molecule has 84 valence electrons. The van der Waals surface area contributed by atoms with Gasteiger partial charge in [-0.1, -0.05) is 29.2 Å². The molecule has 1 heterocycles. The molecule has 5 heteroatoms. The van der Waals surface area contributed by atoms with Crippen LogP contribution in [0.3, 0.4) is 0 Å². The van der Waals surface area contributed by atoms with Gasteiger partial charge in [-0.25, -0.2) is 4.98 Å². The second-order valence-corrected chi connectivity index (χ2v) is 4.38. The smallest absolute Gasteiger partial charge is 0.244 e. The highest BCUT2D eigenvalue weighted by Gasteiger charge is 2.32. The third-order valence-corrected chi connectivity index (χ3v) is 2.43. The van der Waals surface area contributed by atoms with Crippen molar-refractivity contribution in [2.75, 3.05) is 0 Å². The first-order chi connectivity index (χ1) is 6.80. The predicted molar refractivity (Wildman–Crippen MR) is 57.1 cm³/mol. The average Bonchev–Trinajstić information content (AvgIpc) is 2.05. The molecule has 1 atom stereocenters. The van der Waals surface area contributed by atoms with Gasteiger partial charge in [0.15, 0.2) is 0 Å². The second-order valence-electron chi connectivity index (χ2n) is 3.84. The SMILES string of the molecule is CC(C)Cc1ccc(C(F)(F)F)nc1P. The fourth-order valence-electron chi connectivity index (χ4n) is 1.27. The molecule has 0 saturated heterocycles. The van der Waals surface area contributed by atoms with Crippen molar-refractivity contribution in [3.63, 3.8) is 0 Å². The lowest BCUT2D eigenvalue weighted by Gasteiger charge is -2.11. The van der Waals surface area contributed by atoms with Gasteiger partial charge in [0.05, 0.1) is 5.44 Å². The number of aromatic nitrogens is 1. The predicted octanol–water partition coefficient (Wildman–Crippen LogP) is 2.80. The standard InChI is InChI=1S/C10H13F3NP/c1-6(2)5-7-3-4-8(10(11,12)13)14-9(7)15/h3-4,6H,5,15H2,1-2H3. The number of nitrogens with zero attached hydrogens (tertiary/aromatic N) is 1. The summed E-state index contributed by atoms with van der Waals surface area (Å²) in [5, 5.41) is 0. The van der Waals surface area contributed by atoms with Crippen LogP contribution in [0.4, 0.5) is 13.2 Å². The van der Waals surface area contributed by atoms with Gasteiger partial charge in [0.1, 0.15) is 5.69 Å². The minimum absolute atomic E-state index is 0.388. The summed E-state index contributed by atoms with van der Waals surface area (Å²) in [4.78, 5) is 3.54. The Balaban J connectivity index is 2.98. The molecular formula is C10H13F3NP. The Kier molecular flexibility index (Phi) is 3.72. The van der Waals surface area contributed by atoms with Crippen molar-refractivity contribution >= 4 is 14.7 Å². The topological polar surface area (TPSA) is 12.9 Å². The first-order valence-corrected chi connectivity index (χ1v) is 5.21. The monoisotopic (exact) mass is 235 g/mol. The van der Waals surface area contributed by atoms with E-state index < -0.39 is 11.9 Å². The molecule has 0 aliphatic rings. The van der Waals surface area contributed by atoms with Gasteiger partial charge in [-0.15, -0.1) is 0 Å². The molecule has 15 heavy (non-hydrogen) atoms. The van der Waals surface area contributed by atoms with E-state index in [0.29, 0.717) is 11.4 Å². The van der Waals surface area contributed by atoms with Gasteiger partial charge in [0, 0.05) is 0 Å². The van der Waals surface area contributed by atoms with E-state index in [0.717, 1.165) is 18.1 Å². The minimum atomic E-state index is -4.36. The van der Waals surface area contributed by atoms with Crippen LogP contribution in [-0.2, 0) is 12.6 Å². The molecule has 1 nitrogen and oxygen atoms in total. The summed E-state index contributed by atoms with van der Waals surface area (Å²) in [7, 11) is 2.26. The highest BCUT2D eigenvalue weighted by Crippen LogP contribution is 2.27. The Morgan fingerprint density at radius 1 is 1.33 bits per heavy atom. The van der Waals surface area contributed by atoms with Gasteiger partial charge in [-0.05, 0) is 24.0 Å². The van der Waals surface area contributed by atoms with Crippen LogP contribution < -0.4 is 5.44 Å². The van der Waals surface area contributed by atoms with Gasteiger partial charge in [0.2, 0.25) is 0 Å². The average molecular weight is 235 g/mol. The number of hydrogen-bond acceptors (Lipinski definition) is 1. The van der Waals surface area contributed by atoms with E-state index in [9.17, 15) is 13.2 Å². The molecule has 1 aromatic heterocycles. The zero-order chi connectivity index (χ0) is 11.6. The van der Waals surface area contributed by atoms with Gasteiger partial charge in [0.25, 0.3) is 0 Å². The lowest BCUT2D eigenvalue weighted by molar-refractivity contribution is -0.141. The van der Waals surface area contributed by atoms with E-state index in [-0.39, 0.29) is 0 Å². The van der Waals surface area contributed by atoms with Crippen molar-refractivity contribution in [1.82, 2.24) is 4.98 Å². The third kappa shape index (κ3) is 3.45. The Hall–Kier alpha value is -0.630. The van der Waals surface area contributed by atoms with Gasteiger partial charge < -0.3 is 0 Å². The number of hydrogen-bond donors (Lipinski definition) is 0. The summed E-state index contributed by atoms with van der Waals surface area (Å²) < 4.78 is 36.9. The zero-order valence-electron chi connectivity index (χ0n) is 8.60. The molecule has 0 radical (unpaired) electrons. The molecule has 1 rings (SSSR count). The first-order valence-electron chi connectivity index (χ1n) is 4.63. The molecule has 0 saturated carbocycles. The van der Waals surface area contributed by atoms with Crippen molar-refractivity contribution in [2.24, 2.45) is 5.92 Å². The Morgan fingerprint density at radius 2 is 1.93 bits per heavy atom. The van der Waals surface area contributed by atoms with Gasteiger partial charge >= 0.3 is 6.18 Å². The molecule has 0 spiro atoms. The molecule has 0 aliphatic carbocycles. The van der Waals surface area contributed by atoms with Crippen molar-refractivity contribution < 1.29 is 13.2 Å². The van der Waals surface area contributed by atoms with Crippen molar-refractivity contribution in [1.29, 1.82) is 0 Å². The quantitative estimate of drug-likeness (QED) is 0.718. The normalized spacial score (nSPS) is 12.2. The van der Waals surface area contributed by atoms with Gasteiger partial charge in [-0.3, -0.25) is 0 Å². The lowest BCUT2D eigenvalue weighted by atomic mass is 10.0. The van der Waals surface area contributed by atoms with Crippen LogP contribution >= 0.6 is 9.24 Å². The van der Waals surface area contributed by atoms with Crippen LogP contribution in [0.15, 0.2) is 12.1 Å². The van der Waals surface area contributed by atoms with Crippen LogP contribution in [0.25, 0.3) is 0 Å². The van der Waals surface area contributed by atoms with E-state index in [1.807, 2.05) is 13.8 Å². The van der Waals surface area contributed by atoms with E-state index in [4.69, 9.17) is 0 Å². The Labute approximate surface area is 89.3 Å². The van der Waals surface area contributed by atoms with Crippen LogP contribution in [0.1, 0.15) is 25.1 Å². The van der Waals surface area contributed by atoms with Crippen molar-refractivity contribution in [2.45, 2.75) is 26.4 Å². The molecule has 1 aromatic rings. The largest absolute Gasteiger partial charge is 0.433 e. The zero-order valence-corrected chi connectivity index (χ0v) is 9.75. The summed E-state index contributed by atoms with van der Waals surface area (Å²) in [6, 6.07) is 2.53. The molecule has 0 fully saturated rings. The maximum atomic E-state index is 12.3. The minimum Gasteiger partial charge on any atom is -0.244 e. The number of rotatable bonds is 2. The van der Waals surface area contributed by atoms with E-state index >= 15 is 0 Å². The highest BCUT2D eigenvalue weighted by atomic mass is 31.0. The molecule has 0 bridgehead atoms. The number of alkyl halides is 3. The molecule has 0 N–H and O–H groups in total. The van der Waals surface area contributed by atoms with Gasteiger partial charge in [-0.2, -0.15) is 13.2 Å². The fraction of sp³-hybridized carbons (Fsp3) is 0.500. The van der Waals surface area contributed by atoms with Crippen LogP contribution in [-0.4, -0.2) is 4.98 Å². The number of halogens is 3. The summed E-state index contributed by atoms with van der Waals surface area (Å²) in [6.45, 7) is 4.03. The fourth-order valence-corrected chi connectivity index (χ4v) is 1.63. The summed E-state index contributed by atoms with van der Waals surface area (Å²) in [6.07, 6.45) is -3.62. The maximum Gasteiger partial charge on any atom is 0.433 e. The van der Waals surface area contributed by atoms with E-state index in [1.165, 1.54) is 6.07 Å². The van der Waals surface area contributed by atoms with E-state index in [2.05, 4.69) is 14.2 Å². The first kappa shape index (κ1) is 12.4. The second kappa shape index (κ2) is 4.48.